The van der Waals surface area contributed by atoms with Crippen LogP contribution in [0.15, 0.2) is 0 Å². The molecule has 4 nitrogen and oxygen atoms in total. The van der Waals surface area contributed by atoms with Gasteiger partial charge in [-0.3, -0.25) is 9.69 Å². The number of aliphatic carboxylic acids is 1. The van der Waals surface area contributed by atoms with Gasteiger partial charge in [0, 0.05) is 19.1 Å². The molecule has 0 radical (unpaired) electrons. The summed E-state index contributed by atoms with van der Waals surface area (Å²) in [6, 6.07) is 0.595. The first-order chi connectivity index (χ1) is 7.16. The lowest BCUT2D eigenvalue weighted by Crippen LogP contribution is -2.45. The Balaban J connectivity index is 1.90. The van der Waals surface area contributed by atoms with Gasteiger partial charge < -0.3 is 10.0 Å². The maximum absolute atomic E-state index is 10.9. The first-order valence-corrected chi connectivity index (χ1v) is 5.82. The Labute approximate surface area is 90.9 Å². The Kier molecular flexibility index (Phi) is 3.26. The van der Waals surface area contributed by atoms with Crippen molar-refractivity contribution in [2.24, 2.45) is 5.92 Å². The second-order valence-corrected chi connectivity index (χ2v) is 4.88. The Morgan fingerprint density at radius 3 is 2.67 bits per heavy atom. The molecule has 4 heteroatoms. The molecule has 1 N–H and O–H groups in total. The Bertz CT molecular complexity index is 245. The molecule has 2 heterocycles. The van der Waals surface area contributed by atoms with Gasteiger partial charge >= 0.3 is 5.97 Å². The van der Waals surface area contributed by atoms with Crippen molar-refractivity contribution in [3.8, 4) is 0 Å². The molecule has 0 amide bonds. The normalized spacial score (nSPS) is 34.5. The van der Waals surface area contributed by atoms with E-state index in [9.17, 15) is 4.79 Å². The van der Waals surface area contributed by atoms with Crippen molar-refractivity contribution in [3.05, 3.63) is 0 Å². The zero-order chi connectivity index (χ0) is 10.8. The van der Waals surface area contributed by atoms with E-state index in [0.29, 0.717) is 6.04 Å². The van der Waals surface area contributed by atoms with E-state index in [-0.39, 0.29) is 5.92 Å². The van der Waals surface area contributed by atoms with Gasteiger partial charge in [0.05, 0.1) is 5.92 Å². The van der Waals surface area contributed by atoms with Gasteiger partial charge in [-0.25, -0.2) is 0 Å². The fourth-order valence-corrected chi connectivity index (χ4v) is 2.75. The summed E-state index contributed by atoms with van der Waals surface area (Å²) in [6.07, 6.45) is 3.09. The first kappa shape index (κ1) is 10.9. The largest absolute Gasteiger partial charge is 0.481 e. The van der Waals surface area contributed by atoms with Crippen molar-refractivity contribution in [2.75, 3.05) is 33.2 Å². The van der Waals surface area contributed by atoms with Crippen LogP contribution >= 0.6 is 0 Å². The van der Waals surface area contributed by atoms with Gasteiger partial charge in [0.15, 0.2) is 0 Å². The number of nitrogens with zero attached hydrogens (tertiary/aromatic N) is 2. The maximum atomic E-state index is 10.9. The van der Waals surface area contributed by atoms with Crippen molar-refractivity contribution < 1.29 is 9.90 Å². The number of likely N-dealkylation sites (N-methyl/N-ethyl adjacent to an activating group) is 1. The van der Waals surface area contributed by atoms with Crippen LogP contribution in [-0.4, -0.2) is 60.1 Å². The van der Waals surface area contributed by atoms with E-state index < -0.39 is 5.97 Å². The van der Waals surface area contributed by atoms with Crippen LogP contribution < -0.4 is 0 Å². The summed E-state index contributed by atoms with van der Waals surface area (Å²) in [5.41, 5.74) is 0. The number of carbonyl (C=O) groups is 1. The maximum Gasteiger partial charge on any atom is 0.307 e. The van der Waals surface area contributed by atoms with E-state index in [1.165, 1.54) is 6.42 Å². The Hall–Kier alpha value is -0.610. The molecular weight excluding hydrogens is 192 g/mol. The molecule has 2 aliphatic heterocycles. The molecule has 86 valence electrons. The van der Waals surface area contributed by atoms with E-state index in [1.54, 1.807) is 0 Å². The number of carboxylic acids is 1. The zero-order valence-corrected chi connectivity index (χ0v) is 9.35. The lowest BCUT2D eigenvalue weighted by atomic mass is 9.97. The fourth-order valence-electron chi connectivity index (χ4n) is 2.75. The van der Waals surface area contributed by atoms with Crippen LogP contribution in [0.2, 0.25) is 0 Å². The van der Waals surface area contributed by atoms with E-state index in [0.717, 1.165) is 39.0 Å². The van der Waals surface area contributed by atoms with Crippen molar-refractivity contribution in [3.63, 3.8) is 0 Å². The number of hydrogen-bond donors (Lipinski definition) is 1. The third-order valence-corrected chi connectivity index (χ3v) is 3.68. The van der Waals surface area contributed by atoms with Crippen molar-refractivity contribution in [2.45, 2.75) is 25.3 Å². The second kappa shape index (κ2) is 4.49. The predicted molar refractivity (Wildman–Crippen MR) is 57.8 cm³/mol. The van der Waals surface area contributed by atoms with Gasteiger partial charge in [0.1, 0.15) is 0 Å². The highest BCUT2D eigenvalue weighted by molar-refractivity contribution is 5.70. The van der Waals surface area contributed by atoms with Crippen LogP contribution in [0.1, 0.15) is 19.3 Å². The van der Waals surface area contributed by atoms with E-state index >= 15 is 0 Å². The molecule has 0 aromatic heterocycles. The molecular formula is C11H20N2O2. The van der Waals surface area contributed by atoms with Crippen molar-refractivity contribution >= 4 is 5.97 Å². The monoisotopic (exact) mass is 212 g/mol. The molecule has 0 spiro atoms. The van der Waals surface area contributed by atoms with Gasteiger partial charge in [0.2, 0.25) is 0 Å². The lowest BCUT2D eigenvalue weighted by molar-refractivity contribution is -0.143. The highest BCUT2D eigenvalue weighted by atomic mass is 16.4. The molecule has 2 rings (SSSR count). The van der Waals surface area contributed by atoms with Crippen molar-refractivity contribution in [1.82, 2.24) is 9.80 Å². The average molecular weight is 212 g/mol. The quantitative estimate of drug-likeness (QED) is 0.723. The van der Waals surface area contributed by atoms with E-state index in [4.69, 9.17) is 5.11 Å². The molecule has 2 aliphatic rings. The third-order valence-electron chi connectivity index (χ3n) is 3.68. The van der Waals surface area contributed by atoms with Crippen LogP contribution in [0.5, 0.6) is 0 Å². The standard InChI is InChI=1S/C11H20N2O2/c1-12-6-4-10(8-12)13-5-2-3-9(7-13)11(14)15/h9-10H,2-8H2,1H3,(H,14,15). The van der Waals surface area contributed by atoms with Gasteiger partial charge in [-0.1, -0.05) is 0 Å². The molecule has 0 aromatic carbocycles. The summed E-state index contributed by atoms with van der Waals surface area (Å²) in [7, 11) is 2.14. The number of piperidine rings is 1. The molecule has 2 fully saturated rings. The molecule has 15 heavy (non-hydrogen) atoms. The molecule has 0 aromatic rings. The third kappa shape index (κ3) is 2.49. The van der Waals surface area contributed by atoms with Crippen LogP contribution in [0, 0.1) is 5.92 Å². The van der Waals surface area contributed by atoms with Gasteiger partial charge in [-0.05, 0) is 39.4 Å². The Morgan fingerprint density at radius 1 is 1.27 bits per heavy atom. The van der Waals surface area contributed by atoms with Crippen LogP contribution in [0.4, 0.5) is 0 Å². The average Bonchev–Trinajstić information content (AvgIpc) is 2.65. The minimum absolute atomic E-state index is 0.135. The summed E-state index contributed by atoms with van der Waals surface area (Å²) >= 11 is 0. The van der Waals surface area contributed by atoms with Crippen LogP contribution in [-0.2, 0) is 4.79 Å². The minimum atomic E-state index is -0.619. The van der Waals surface area contributed by atoms with Gasteiger partial charge in [-0.15, -0.1) is 0 Å². The summed E-state index contributed by atoms with van der Waals surface area (Å²) < 4.78 is 0. The minimum Gasteiger partial charge on any atom is -0.481 e. The first-order valence-electron chi connectivity index (χ1n) is 5.82. The van der Waals surface area contributed by atoms with Crippen molar-refractivity contribution in [1.29, 1.82) is 0 Å². The molecule has 2 saturated heterocycles. The number of hydrogen-bond acceptors (Lipinski definition) is 3. The summed E-state index contributed by atoms with van der Waals surface area (Å²) in [5, 5.41) is 9.01. The summed E-state index contributed by atoms with van der Waals surface area (Å²) in [4.78, 5) is 15.7. The highest BCUT2D eigenvalue weighted by Crippen LogP contribution is 2.22. The summed E-state index contributed by atoms with van der Waals surface area (Å²) in [5.74, 6) is -0.754. The molecule has 2 atom stereocenters. The van der Waals surface area contributed by atoms with Crippen LogP contribution in [0.3, 0.4) is 0 Å². The number of rotatable bonds is 2. The number of carboxylic acid groups (broad SMARTS) is 1. The SMILES string of the molecule is CN1CCC(N2CCCC(C(=O)O)C2)C1. The van der Waals surface area contributed by atoms with Gasteiger partial charge in [0.25, 0.3) is 0 Å². The van der Waals surface area contributed by atoms with E-state index in [1.807, 2.05) is 0 Å². The molecule has 0 saturated carbocycles. The van der Waals surface area contributed by atoms with Crippen LogP contribution in [0.25, 0.3) is 0 Å². The molecule has 0 aliphatic carbocycles. The van der Waals surface area contributed by atoms with E-state index in [2.05, 4.69) is 16.8 Å². The Morgan fingerprint density at radius 2 is 2.07 bits per heavy atom. The lowest BCUT2D eigenvalue weighted by Gasteiger charge is -2.35. The fraction of sp³-hybridized carbons (Fsp3) is 0.909. The molecule has 2 unspecified atom stereocenters. The topological polar surface area (TPSA) is 43.8 Å². The number of likely N-dealkylation sites (tertiary alicyclic amines) is 2. The predicted octanol–water partition coefficient (Wildman–Crippen LogP) is 0.487. The smallest absolute Gasteiger partial charge is 0.307 e. The second-order valence-electron chi connectivity index (χ2n) is 4.88. The van der Waals surface area contributed by atoms with Gasteiger partial charge in [-0.2, -0.15) is 0 Å². The highest BCUT2D eigenvalue weighted by Gasteiger charge is 2.32. The molecule has 0 bridgehead atoms. The summed E-state index contributed by atoms with van der Waals surface area (Å²) in [6.45, 7) is 4.10. The zero-order valence-electron chi connectivity index (χ0n) is 9.35.